The Balaban J connectivity index is 1.53. The number of fused-ring (bicyclic) bond motifs is 1. The van der Waals surface area contributed by atoms with Gasteiger partial charge in [-0.1, -0.05) is 12.1 Å². The first-order valence-corrected chi connectivity index (χ1v) is 11.6. The number of likely N-dealkylation sites (tertiary alicyclic amines) is 1. The molecule has 3 heterocycles. The molecule has 1 unspecified atom stereocenters. The van der Waals surface area contributed by atoms with Crippen molar-refractivity contribution in [3.8, 4) is 0 Å². The Morgan fingerprint density at radius 2 is 1.81 bits per heavy atom. The molecule has 3 aliphatic rings. The molecule has 1 atom stereocenters. The van der Waals surface area contributed by atoms with Crippen molar-refractivity contribution in [2.24, 2.45) is 0 Å². The van der Waals surface area contributed by atoms with Crippen LogP contribution in [0.5, 0.6) is 0 Å². The highest BCUT2D eigenvalue weighted by molar-refractivity contribution is 6.62. The molecule has 174 valence electrons. The molecule has 0 aliphatic carbocycles. The maximum Gasteiger partial charge on any atom is 0.495 e. The van der Waals surface area contributed by atoms with Gasteiger partial charge < -0.3 is 23.8 Å². The van der Waals surface area contributed by atoms with Gasteiger partial charge in [-0.2, -0.15) is 0 Å². The van der Waals surface area contributed by atoms with Crippen molar-refractivity contribution in [2.75, 3.05) is 13.1 Å². The first-order chi connectivity index (χ1) is 14.8. The zero-order valence-corrected chi connectivity index (χ0v) is 20.4. The van der Waals surface area contributed by atoms with Crippen molar-refractivity contribution in [1.82, 2.24) is 9.80 Å². The van der Waals surface area contributed by atoms with Crippen molar-refractivity contribution in [1.29, 1.82) is 0 Å². The smallest absolute Gasteiger partial charge is 0.444 e. The van der Waals surface area contributed by atoms with Crippen LogP contribution in [0.15, 0.2) is 18.2 Å². The number of benzene rings is 1. The van der Waals surface area contributed by atoms with Gasteiger partial charge in [0.05, 0.1) is 17.2 Å². The highest BCUT2D eigenvalue weighted by atomic mass is 16.7. The third kappa shape index (κ3) is 4.15. The quantitative estimate of drug-likeness (QED) is 0.658. The van der Waals surface area contributed by atoms with Crippen molar-refractivity contribution in [3.63, 3.8) is 0 Å². The summed E-state index contributed by atoms with van der Waals surface area (Å²) in [5.74, 6) is 0.00871. The number of carbonyl (C=O) groups is 2. The number of ether oxygens (including phenoxy) is 1. The Labute approximate surface area is 191 Å². The highest BCUT2D eigenvalue weighted by Gasteiger charge is 2.53. The SMILES string of the molecule is CC(C)(C)OC(=O)N1CCCC(N2Cc3c(B4OC(C)(C)C(C)(C)O4)cccc3C2=O)C1. The molecule has 0 radical (unpaired) electrons. The summed E-state index contributed by atoms with van der Waals surface area (Å²) >= 11 is 0. The van der Waals surface area contributed by atoms with Crippen LogP contribution >= 0.6 is 0 Å². The second-order valence-electron chi connectivity index (χ2n) is 11.1. The summed E-state index contributed by atoms with van der Waals surface area (Å²) in [6.07, 6.45) is 1.39. The van der Waals surface area contributed by atoms with Gasteiger partial charge in [0.25, 0.3) is 5.91 Å². The Bertz CT molecular complexity index is 907. The minimum absolute atomic E-state index is 0.00871. The van der Waals surface area contributed by atoms with Crippen LogP contribution in [-0.2, 0) is 20.6 Å². The number of rotatable bonds is 2. The largest absolute Gasteiger partial charge is 0.495 e. The van der Waals surface area contributed by atoms with E-state index < -0.39 is 23.9 Å². The fourth-order valence-electron chi connectivity index (χ4n) is 4.57. The number of carbonyl (C=O) groups excluding carboxylic acids is 2. The molecule has 0 bridgehead atoms. The average molecular weight is 442 g/mol. The summed E-state index contributed by atoms with van der Waals surface area (Å²) < 4.78 is 18.1. The van der Waals surface area contributed by atoms with E-state index in [4.69, 9.17) is 14.0 Å². The average Bonchev–Trinajstić information content (AvgIpc) is 3.13. The highest BCUT2D eigenvalue weighted by Crippen LogP contribution is 2.37. The first kappa shape index (κ1) is 23.1. The molecule has 7 nitrogen and oxygen atoms in total. The van der Waals surface area contributed by atoms with E-state index in [1.54, 1.807) is 4.90 Å². The maximum absolute atomic E-state index is 13.3. The fourth-order valence-corrected chi connectivity index (χ4v) is 4.57. The van der Waals surface area contributed by atoms with E-state index in [-0.39, 0.29) is 18.0 Å². The van der Waals surface area contributed by atoms with Crippen LogP contribution in [0.2, 0.25) is 0 Å². The van der Waals surface area contributed by atoms with Crippen LogP contribution in [-0.4, -0.2) is 64.9 Å². The van der Waals surface area contributed by atoms with Gasteiger partial charge in [0.15, 0.2) is 0 Å². The molecule has 2 amide bonds. The summed E-state index contributed by atoms with van der Waals surface area (Å²) in [7, 11) is -0.507. The molecule has 3 aliphatic heterocycles. The van der Waals surface area contributed by atoms with Gasteiger partial charge in [0, 0.05) is 25.2 Å². The third-order valence-corrected chi connectivity index (χ3v) is 7.03. The van der Waals surface area contributed by atoms with E-state index in [1.165, 1.54) is 0 Å². The van der Waals surface area contributed by atoms with Crippen molar-refractivity contribution >= 4 is 24.6 Å². The van der Waals surface area contributed by atoms with E-state index in [9.17, 15) is 9.59 Å². The van der Waals surface area contributed by atoms with Gasteiger partial charge in [-0.3, -0.25) is 4.79 Å². The fraction of sp³-hybridized carbons (Fsp3) is 0.667. The summed E-state index contributed by atoms with van der Waals surface area (Å²) in [5, 5.41) is 0. The lowest BCUT2D eigenvalue weighted by Crippen LogP contribution is -2.51. The second-order valence-corrected chi connectivity index (χ2v) is 11.1. The molecule has 0 N–H and O–H groups in total. The number of amides is 2. The summed E-state index contributed by atoms with van der Waals surface area (Å²) in [6.45, 7) is 15.4. The molecule has 0 saturated carbocycles. The molecule has 1 aromatic carbocycles. The predicted molar refractivity (Wildman–Crippen MR) is 123 cm³/mol. The van der Waals surface area contributed by atoms with Crippen LogP contribution < -0.4 is 5.46 Å². The van der Waals surface area contributed by atoms with Gasteiger partial charge in [-0.15, -0.1) is 0 Å². The first-order valence-electron chi connectivity index (χ1n) is 11.6. The van der Waals surface area contributed by atoms with Crippen molar-refractivity contribution < 1.29 is 23.6 Å². The Kier molecular flexibility index (Phi) is 5.61. The zero-order valence-electron chi connectivity index (χ0n) is 20.4. The van der Waals surface area contributed by atoms with Crippen LogP contribution in [0.25, 0.3) is 0 Å². The summed E-state index contributed by atoms with van der Waals surface area (Å²) in [4.78, 5) is 29.5. The number of piperidine rings is 1. The number of nitrogens with zero attached hydrogens (tertiary/aromatic N) is 2. The van der Waals surface area contributed by atoms with Crippen LogP contribution in [0.4, 0.5) is 4.79 Å². The number of hydrogen-bond donors (Lipinski definition) is 0. The molecule has 4 rings (SSSR count). The lowest BCUT2D eigenvalue weighted by molar-refractivity contribution is 0.00578. The minimum Gasteiger partial charge on any atom is -0.444 e. The van der Waals surface area contributed by atoms with E-state index in [1.807, 2.05) is 71.6 Å². The van der Waals surface area contributed by atoms with E-state index in [0.29, 0.717) is 25.2 Å². The maximum atomic E-state index is 13.3. The molecule has 2 fully saturated rings. The molecule has 32 heavy (non-hydrogen) atoms. The number of hydrogen-bond acceptors (Lipinski definition) is 5. The predicted octanol–water partition coefficient (Wildman–Crippen LogP) is 3.34. The molecular formula is C24H35BN2O5. The standard InChI is InChI=1S/C24H35BN2O5/c1-22(2,3)30-21(29)26-13-9-10-16(14-26)27-15-18-17(20(27)28)11-8-12-19(18)25-31-23(4,5)24(6,7)32-25/h8,11-12,16H,9-10,13-15H2,1-7H3. The summed E-state index contributed by atoms with van der Waals surface area (Å²) in [5.41, 5.74) is 1.15. The Hall–Kier alpha value is -2.06. The zero-order chi connectivity index (χ0) is 23.5. The molecule has 2 saturated heterocycles. The lowest BCUT2D eigenvalue weighted by Gasteiger charge is -2.38. The third-order valence-electron chi connectivity index (χ3n) is 7.03. The van der Waals surface area contributed by atoms with Gasteiger partial charge >= 0.3 is 13.2 Å². The molecular weight excluding hydrogens is 407 g/mol. The van der Waals surface area contributed by atoms with Gasteiger partial charge in [-0.05, 0) is 78.4 Å². The minimum atomic E-state index is -0.540. The van der Waals surface area contributed by atoms with Crippen molar-refractivity contribution in [3.05, 3.63) is 29.3 Å². The monoisotopic (exact) mass is 442 g/mol. The van der Waals surface area contributed by atoms with E-state index >= 15 is 0 Å². The Morgan fingerprint density at radius 1 is 1.16 bits per heavy atom. The van der Waals surface area contributed by atoms with E-state index in [0.717, 1.165) is 23.9 Å². The molecule has 8 heteroatoms. The Morgan fingerprint density at radius 3 is 2.44 bits per heavy atom. The summed E-state index contributed by atoms with van der Waals surface area (Å²) in [6, 6.07) is 5.73. The van der Waals surface area contributed by atoms with Crippen LogP contribution in [0.1, 0.15) is 77.2 Å². The molecule has 0 aromatic heterocycles. The van der Waals surface area contributed by atoms with Crippen LogP contribution in [0, 0.1) is 0 Å². The lowest BCUT2D eigenvalue weighted by atomic mass is 9.75. The van der Waals surface area contributed by atoms with Crippen LogP contribution in [0.3, 0.4) is 0 Å². The molecule has 1 aromatic rings. The van der Waals surface area contributed by atoms with E-state index in [2.05, 4.69) is 0 Å². The second kappa shape index (κ2) is 7.77. The van der Waals surface area contributed by atoms with Gasteiger partial charge in [-0.25, -0.2) is 4.79 Å². The van der Waals surface area contributed by atoms with Gasteiger partial charge in [0.1, 0.15) is 5.60 Å². The normalized spacial score (nSPS) is 24.7. The van der Waals surface area contributed by atoms with Gasteiger partial charge in [0.2, 0.25) is 0 Å². The topological polar surface area (TPSA) is 68.3 Å². The van der Waals surface area contributed by atoms with Crippen molar-refractivity contribution in [2.45, 2.75) is 90.7 Å². The molecule has 0 spiro atoms.